The molecule has 0 saturated carbocycles. The molecular weight excluding hydrogens is 1070 g/mol. The maximum absolute atomic E-state index is 13.0. The number of hydrogen-bond donors (Lipinski definition) is 5. The maximum atomic E-state index is 13.0. The molecule has 0 spiro atoms. The molecule has 382 valence electrons. The van der Waals surface area contributed by atoms with Crippen LogP contribution in [0, 0.1) is 50.0 Å². The van der Waals surface area contributed by atoms with Crippen LogP contribution in [0.2, 0.25) is 0 Å². The Balaban J connectivity index is 0.000000255. The fourth-order valence-corrected chi connectivity index (χ4v) is 10.9. The number of nitrogens with one attached hydrogen (secondary N) is 1. The average molecular weight is 1130 g/mol. The second kappa shape index (κ2) is 27.1. The number of primary amides is 2. The monoisotopic (exact) mass is 1120 g/mol. The fourth-order valence-electron chi connectivity index (χ4n) is 7.06. The number of aromatic amines is 1. The van der Waals surface area contributed by atoms with E-state index in [-0.39, 0.29) is 75.9 Å². The number of hydrogen-bond acceptors (Lipinski definition) is 19. The lowest BCUT2D eigenvalue weighted by molar-refractivity contribution is -0.116. The van der Waals surface area contributed by atoms with Crippen LogP contribution in [0.4, 0.5) is 11.6 Å². The lowest BCUT2D eigenvalue weighted by atomic mass is 9.97. The summed E-state index contributed by atoms with van der Waals surface area (Å²) in [5.41, 5.74) is 23.3. The van der Waals surface area contributed by atoms with Gasteiger partial charge in [-0.25, -0.2) is 21.8 Å². The van der Waals surface area contributed by atoms with E-state index < -0.39 is 26.0 Å². The van der Waals surface area contributed by atoms with Gasteiger partial charge >= 0.3 is 0 Å². The number of benzene rings is 2. The topological polar surface area (TPSA) is 356 Å². The lowest BCUT2D eigenvalue weighted by Crippen LogP contribution is -2.46. The molecule has 3 fully saturated rings. The molecule has 0 aliphatic carbocycles. The van der Waals surface area contributed by atoms with Gasteiger partial charge in [0, 0.05) is 76.6 Å². The van der Waals surface area contributed by atoms with Crippen LogP contribution in [0.25, 0.3) is 22.3 Å². The lowest BCUT2D eigenvalue weighted by Gasteiger charge is -2.31. The van der Waals surface area contributed by atoms with E-state index in [1.54, 1.807) is 12.1 Å². The fraction of sp³-hybridized carbons (Fsp3) is 0.378. The highest BCUT2D eigenvalue weighted by Crippen LogP contribution is 2.36. The van der Waals surface area contributed by atoms with Crippen LogP contribution in [0.5, 0.6) is 0 Å². The van der Waals surface area contributed by atoms with Crippen molar-refractivity contribution in [3.8, 4) is 46.5 Å². The van der Waals surface area contributed by atoms with E-state index in [4.69, 9.17) is 34.2 Å². The van der Waals surface area contributed by atoms with E-state index in [0.717, 1.165) is 38.1 Å². The number of thioether (sulfide) groups is 1. The molecule has 22 nitrogen and oxygen atoms in total. The smallest absolute Gasteiger partial charge is 0.243 e. The number of nitriles is 4. The number of halogens is 1. The number of aromatic nitrogens is 2. The number of piperazine rings is 2. The SMILES string of the molecule is CN1CCN(S(=O)(=O)c2ccc(-c3c(C#N)c(N)[nH]c(=S)c3C#N)cc2)CC1.CN1CCN(S(=O)(=O)c2ccc(-c3c(C#N)c(N)nc(SCC(N)=O)c3C#N)cc2)CC1.CN1CCOCC1.NC(=O)CBr. The third kappa shape index (κ3) is 15.2. The van der Waals surface area contributed by atoms with Crippen LogP contribution in [0.3, 0.4) is 0 Å². The van der Waals surface area contributed by atoms with Gasteiger partial charge in [-0.1, -0.05) is 64.2 Å². The molecule has 0 unspecified atom stereocenters. The van der Waals surface area contributed by atoms with Crippen molar-refractivity contribution in [3.63, 3.8) is 0 Å². The standard InChI is InChI=1S/C20H21N7O3S2.C18H18N6O2S2.C5H11NO.C2H4BrNO/c1-26-6-8-27(9-7-26)32(29,30)14-4-2-13(3-5-14)18-15(10-21)19(24)25-20(16(18)11-22)31-12-17(23)28;1-23-6-8-24(9-7-23)28(25,26)13-4-2-12(3-5-13)16-14(10-19)17(21)22-18(27)15(16)11-20;1-6-2-4-7-5-3-6;3-1-2(4)5/h2-5H,6-9,12H2,1H3,(H2,23,28)(H2,24,25);2-5H,6-9H2,1H3,(H3,21,22,27);2-5H2,1H3;1H2,(H2,4,5). The van der Waals surface area contributed by atoms with Gasteiger partial charge in [0.25, 0.3) is 0 Å². The molecule has 72 heavy (non-hydrogen) atoms. The Morgan fingerprint density at radius 2 is 1.06 bits per heavy atom. The van der Waals surface area contributed by atoms with Crippen molar-refractivity contribution < 1.29 is 31.2 Å². The molecular formula is C45H54BrN15O7S4. The molecule has 2 amide bonds. The van der Waals surface area contributed by atoms with Gasteiger partial charge in [-0.3, -0.25) is 9.59 Å². The van der Waals surface area contributed by atoms with E-state index in [1.165, 1.54) is 45.0 Å². The maximum Gasteiger partial charge on any atom is 0.243 e. The first-order valence-corrected chi connectivity index (χ1v) is 27.1. The molecule has 5 heterocycles. The summed E-state index contributed by atoms with van der Waals surface area (Å²) < 4.78 is 59.8. The molecule has 7 rings (SSSR count). The van der Waals surface area contributed by atoms with Crippen LogP contribution in [-0.4, -0.2) is 173 Å². The average Bonchev–Trinajstić information content (AvgIpc) is 3.36. The first-order chi connectivity index (χ1) is 34.1. The van der Waals surface area contributed by atoms with Gasteiger partial charge in [0.15, 0.2) is 0 Å². The van der Waals surface area contributed by atoms with Gasteiger partial charge in [0.2, 0.25) is 31.9 Å². The van der Waals surface area contributed by atoms with Crippen LogP contribution in [0.15, 0.2) is 63.3 Å². The molecule has 3 aliphatic rings. The Hall–Kier alpha value is -6.05. The summed E-state index contributed by atoms with van der Waals surface area (Å²) in [5, 5.41) is 38.7. The minimum atomic E-state index is -3.67. The quantitative estimate of drug-likeness (QED) is 0.0862. The van der Waals surface area contributed by atoms with Crippen molar-refractivity contribution in [3.05, 3.63) is 75.4 Å². The minimum absolute atomic E-state index is 0.000324. The number of amides is 2. The zero-order valence-electron chi connectivity index (χ0n) is 39.7. The normalized spacial score (nSPS) is 15.8. The summed E-state index contributed by atoms with van der Waals surface area (Å²) in [5.74, 6) is -1.07. The van der Waals surface area contributed by atoms with Crippen LogP contribution in [-0.2, 0) is 34.4 Å². The second-order valence-corrected chi connectivity index (χ2v) is 21.9. The minimum Gasteiger partial charge on any atom is -0.384 e. The molecule has 2 aromatic heterocycles. The number of anilines is 2. The Kier molecular flexibility index (Phi) is 22.0. The van der Waals surface area contributed by atoms with E-state index in [9.17, 15) is 47.5 Å². The predicted octanol–water partition coefficient (Wildman–Crippen LogP) is 2.08. The number of nitrogens with zero attached hydrogens (tertiary/aromatic N) is 10. The van der Waals surface area contributed by atoms with E-state index in [0.29, 0.717) is 69.0 Å². The molecule has 4 aromatic rings. The number of carbonyl (C=O) groups is 2. The number of sulfonamides is 2. The molecule has 3 saturated heterocycles. The van der Waals surface area contributed by atoms with Crippen LogP contribution >= 0.6 is 39.9 Å². The summed E-state index contributed by atoms with van der Waals surface area (Å²) in [6.45, 7) is 8.34. The van der Waals surface area contributed by atoms with Gasteiger partial charge in [-0.15, -0.1) is 0 Å². The van der Waals surface area contributed by atoms with E-state index in [1.807, 2.05) is 38.4 Å². The molecule has 0 atom stereocenters. The number of H-pyrrole nitrogens is 1. The van der Waals surface area contributed by atoms with Crippen molar-refractivity contribution in [1.82, 2.24) is 33.3 Å². The number of morpholine rings is 1. The predicted molar refractivity (Wildman–Crippen MR) is 278 cm³/mol. The summed E-state index contributed by atoms with van der Waals surface area (Å²) in [7, 11) is -1.27. The highest BCUT2D eigenvalue weighted by atomic mass is 79.9. The highest BCUT2D eigenvalue weighted by Gasteiger charge is 2.30. The Labute approximate surface area is 436 Å². The second-order valence-electron chi connectivity index (χ2n) is 16.1. The van der Waals surface area contributed by atoms with Crippen LogP contribution < -0.4 is 22.9 Å². The molecule has 9 N–H and O–H groups in total. The van der Waals surface area contributed by atoms with E-state index >= 15 is 0 Å². The molecule has 0 radical (unpaired) electrons. The third-order valence-corrected chi connectivity index (χ3v) is 16.8. The van der Waals surface area contributed by atoms with Crippen molar-refractivity contribution in [1.29, 1.82) is 21.0 Å². The van der Waals surface area contributed by atoms with Gasteiger partial charge in [0.05, 0.1) is 45.2 Å². The zero-order valence-corrected chi connectivity index (χ0v) is 44.5. The largest absolute Gasteiger partial charge is 0.384 e. The van der Waals surface area contributed by atoms with Crippen molar-refractivity contribution >= 4 is 83.4 Å². The number of nitrogens with two attached hydrogens (primary N) is 4. The highest BCUT2D eigenvalue weighted by molar-refractivity contribution is 9.09. The number of rotatable bonds is 10. The Morgan fingerprint density at radius 3 is 1.40 bits per heavy atom. The van der Waals surface area contributed by atoms with Gasteiger partial charge in [0.1, 0.15) is 56.7 Å². The number of carbonyl (C=O) groups excluding carboxylic acids is 2. The van der Waals surface area contributed by atoms with Crippen molar-refractivity contribution in [2.45, 2.75) is 14.8 Å². The molecule has 3 aliphatic heterocycles. The number of nitrogen functional groups attached to an aromatic ring is 2. The zero-order chi connectivity index (χ0) is 53.3. The van der Waals surface area contributed by atoms with Crippen molar-refractivity contribution in [2.24, 2.45) is 11.5 Å². The molecule has 27 heteroatoms. The molecule has 2 aromatic carbocycles. The number of pyridine rings is 2. The number of ether oxygens (including phenoxy) is 1. The summed E-state index contributed by atoms with van der Waals surface area (Å²) >= 11 is 8.92. The number of likely N-dealkylation sites (N-methyl/N-ethyl adjacent to an activating group) is 3. The third-order valence-electron chi connectivity index (χ3n) is 11.1. The van der Waals surface area contributed by atoms with Gasteiger partial charge in [-0.2, -0.15) is 29.7 Å². The summed E-state index contributed by atoms with van der Waals surface area (Å²) in [4.78, 5) is 34.1. The van der Waals surface area contributed by atoms with Crippen molar-refractivity contribution in [2.75, 3.05) is 122 Å². The Morgan fingerprint density at radius 1 is 0.667 bits per heavy atom. The summed E-state index contributed by atoms with van der Waals surface area (Å²) in [6.07, 6.45) is 0. The summed E-state index contributed by atoms with van der Waals surface area (Å²) in [6, 6.07) is 20.0. The molecule has 0 bridgehead atoms. The number of alkyl halides is 1. The van der Waals surface area contributed by atoms with E-state index in [2.05, 4.69) is 53.4 Å². The Bertz CT molecular complexity index is 3040. The van der Waals surface area contributed by atoms with Crippen LogP contribution in [0.1, 0.15) is 22.3 Å². The first-order valence-electron chi connectivity index (χ1n) is 21.7. The first kappa shape index (κ1) is 58.5. The van der Waals surface area contributed by atoms with Gasteiger partial charge in [-0.05, 0) is 56.5 Å². The van der Waals surface area contributed by atoms with Gasteiger partial charge < -0.3 is 47.4 Å².